The maximum atomic E-state index is 11.7. The number of aromatic nitrogens is 2. The lowest BCUT2D eigenvalue weighted by molar-refractivity contribution is -0.120. The van der Waals surface area contributed by atoms with Crippen LogP contribution in [0.25, 0.3) is 11.5 Å². The smallest absolute Gasteiger partial charge is 0.277 e. The third kappa shape index (κ3) is 4.25. The Labute approximate surface area is 131 Å². The Morgan fingerprint density at radius 2 is 2.19 bits per heavy atom. The molecule has 1 amide bonds. The topological polar surface area (TPSA) is 68.0 Å². The maximum absolute atomic E-state index is 11.7. The highest BCUT2D eigenvalue weighted by Gasteiger charge is 2.18. The third-order valence-electron chi connectivity index (χ3n) is 2.51. The van der Waals surface area contributed by atoms with Gasteiger partial charge in [-0.3, -0.25) is 4.79 Å². The van der Waals surface area contributed by atoms with Crippen LogP contribution >= 0.6 is 23.4 Å². The van der Waals surface area contributed by atoms with Crippen LogP contribution in [0.1, 0.15) is 6.92 Å². The summed E-state index contributed by atoms with van der Waals surface area (Å²) in [6, 6.07) is 7.05. The predicted molar refractivity (Wildman–Crippen MR) is 81.9 cm³/mol. The average molecular weight is 322 g/mol. The molecular formula is C14H12ClN3O2S. The van der Waals surface area contributed by atoms with E-state index in [0.29, 0.717) is 16.1 Å². The molecule has 0 aliphatic rings. The number of carbonyl (C=O) groups is 1. The van der Waals surface area contributed by atoms with Gasteiger partial charge in [-0.1, -0.05) is 29.3 Å². The lowest BCUT2D eigenvalue weighted by Crippen LogP contribution is -2.31. The van der Waals surface area contributed by atoms with Crippen LogP contribution in [0.4, 0.5) is 0 Å². The monoisotopic (exact) mass is 321 g/mol. The van der Waals surface area contributed by atoms with Crippen molar-refractivity contribution in [2.24, 2.45) is 0 Å². The van der Waals surface area contributed by atoms with Gasteiger partial charge in [0.2, 0.25) is 11.8 Å². The number of carbonyl (C=O) groups excluding carboxylic acids is 1. The van der Waals surface area contributed by atoms with E-state index in [1.807, 2.05) is 0 Å². The van der Waals surface area contributed by atoms with Crippen molar-refractivity contribution < 1.29 is 9.21 Å². The quantitative estimate of drug-likeness (QED) is 0.677. The Morgan fingerprint density at radius 1 is 1.48 bits per heavy atom. The minimum absolute atomic E-state index is 0.177. The van der Waals surface area contributed by atoms with Gasteiger partial charge in [0, 0.05) is 10.6 Å². The second-order valence-electron chi connectivity index (χ2n) is 4.06. The number of terminal acetylenes is 1. The summed E-state index contributed by atoms with van der Waals surface area (Å²) in [6.45, 7) is 1.94. The molecule has 0 radical (unpaired) electrons. The van der Waals surface area contributed by atoms with Crippen LogP contribution in [-0.2, 0) is 4.79 Å². The second-order valence-corrected chi connectivity index (χ2v) is 5.79. The first-order chi connectivity index (χ1) is 10.1. The summed E-state index contributed by atoms with van der Waals surface area (Å²) in [4.78, 5) is 11.7. The number of hydrogen-bond acceptors (Lipinski definition) is 5. The van der Waals surface area contributed by atoms with Gasteiger partial charge in [-0.2, -0.15) is 0 Å². The van der Waals surface area contributed by atoms with Gasteiger partial charge in [0.1, 0.15) is 0 Å². The van der Waals surface area contributed by atoms with Gasteiger partial charge in [-0.15, -0.1) is 16.6 Å². The molecule has 1 unspecified atom stereocenters. The van der Waals surface area contributed by atoms with Gasteiger partial charge in [0.05, 0.1) is 11.8 Å². The summed E-state index contributed by atoms with van der Waals surface area (Å²) < 4.78 is 5.51. The van der Waals surface area contributed by atoms with E-state index >= 15 is 0 Å². The van der Waals surface area contributed by atoms with E-state index in [1.165, 1.54) is 11.8 Å². The molecule has 0 spiro atoms. The fraction of sp³-hybridized carbons (Fsp3) is 0.214. The Hall–Kier alpha value is -1.97. The van der Waals surface area contributed by atoms with Crippen LogP contribution in [0.2, 0.25) is 5.02 Å². The SMILES string of the molecule is C#CCNC(=O)C(C)Sc1nnc(-c2ccc(Cl)cc2)o1. The van der Waals surface area contributed by atoms with E-state index in [4.69, 9.17) is 22.4 Å². The number of nitrogens with one attached hydrogen (secondary N) is 1. The molecular weight excluding hydrogens is 310 g/mol. The van der Waals surface area contributed by atoms with Crippen LogP contribution in [-0.4, -0.2) is 27.9 Å². The molecule has 21 heavy (non-hydrogen) atoms. The molecule has 0 saturated carbocycles. The number of thioether (sulfide) groups is 1. The molecule has 0 fully saturated rings. The van der Waals surface area contributed by atoms with Crippen molar-refractivity contribution in [3.05, 3.63) is 29.3 Å². The minimum atomic E-state index is -0.378. The molecule has 0 bridgehead atoms. The van der Waals surface area contributed by atoms with E-state index in [-0.39, 0.29) is 17.7 Å². The molecule has 2 aromatic rings. The zero-order valence-electron chi connectivity index (χ0n) is 11.2. The Morgan fingerprint density at radius 3 is 2.86 bits per heavy atom. The highest BCUT2D eigenvalue weighted by atomic mass is 35.5. The van der Waals surface area contributed by atoms with Crippen LogP contribution in [0, 0.1) is 12.3 Å². The van der Waals surface area contributed by atoms with Crippen molar-refractivity contribution in [3.8, 4) is 23.8 Å². The van der Waals surface area contributed by atoms with Crippen LogP contribution in [0.5, 0.6) is 0 Å². The van der Waals surface area contributed by atoms with E-state index in [9.17, 15) is 4.79 Å². The van der Waals surface area contributed by atoms with Crippen LogP contribution in [0.3, 0.4) is 0 Å². The van der Waals surface area contributed by atoms with Gasteiger partial charge in [0.25, 0.3) is 5.22 Å². The summed E-state index contributed by atoms with van der Waals surface area (Å²) in [5, 5.41) is 11.0. The zero-order valence-corrected chi connectivity index (χ0v) is 12.7. The molecule has 0 aliphatic heterocycles. The van der Waals surface area contributed by atoms with Gasteiger partial charge < -0.3 is 9.73 Å². The Kier molecular flexibility index (Phi) is 5.26. The van der Waals surface area contributed by atoms with E-state index in [1.54, 1.807) is 31.2 Å². The molecule has 1 aromatic carbocycles. The van der Waals surface area contributed by atoms with Gasteiger partial charge in [-0.25, -0.2) is 0 Å². The lowest BCUT2D eigenvalue weighted by atomic mass is 10.2. The minimum Gasteiger partial charge on any atom is -0.411 e. The molecule has 7 heteroatoms. The summed E-state index contributed by atoms with van der Waals surface area (Å²) in [7, 11) is 0. The van der Waals surface area contributed by atoms with Crippen molar-refractivity contribution in [2.75, 3.05) is 6.54 Å². The van der Waals surface area contributed by atoms with Crippen molar-refractivity contribution >= 4 is 29.3 Å². The highest BCUT2D eigenvalue weighted by molar-refractivity contribution is 8.00. The standard InChI is InChI=1S/C14H12ClN3O2S/c1-3-8-16-12(19)9(2)21-14-18-17-13(20-14)10-4-6-11(15)7-5-10/h1,4-7,9H,8H2,2H3,(H,16,19). The molecule has 2 rings (SSSR count). The second kappa shape index (κ2) is 7.16. The summed E-state index contributed by atoms with van der Waals surface area (Å²) in [6.07, 6.45) is 5.09. The van der Waals surface area contributed by atoms with Crippen molar-refractivity contribution in [1.29, 1.82) is 0 Å². The summed E-state index contributed by atoms with van der Waals surface area (Å²) in [5.41, 5.74) is 0.767. The number of halogens is 1. The number of benzene rings is 1. The number of rotatable bonds is 5. The zero-order chi connectivity index (χ0) is 15.2. The highest BCUT2D eigenvalue weighted by Crippen LogP contribution is 2.26. The Balaban J connectivity index is 2.02. The lowest BCUT2D eigenvalue weighted by Gasteiger charge is -2.06. The third-order valence-corrected chi connectivity index (χ3v) is 3.70. The summed E-state index contributed by atoms with van der Waals surface area (Å²) >= 11 is 6.99. The molecule has 0 aliphatic carbocycles. The normalized spacial score (nSPS) is 11.7. The predicted octanol–water partition coefficient (Wildman–Crippen LogP) is 2.62. The van der Waals surface area contributed by atoms with Crippen molar-refractivity contribution in [2.45, 2.75) is 17.4 Å². The van der Waals surface area contributed by atoms with Crippen molar-refractivity contribution in [1.82, 2.24) is 15.5 Å². The van der Waals surface area contributed by atoms with Crippen LogP contribution < -0.4 is 5.32 Å². The summed E-state index contributed by atoms with van der Waals surface area (Å²) in [5.74, 6) is 2.55. The molecule has 0 saturated heterocycles. The molecule has 1 atom stereocenters. The van der Waals surface area contributed by atoms with Gasteiger partial charge >= 0.3 is 0 Å². The molecule has 1 heterocycles. The van der Waals surface area contributed by atoms with E-state index in [0.717, 1.165) is 5.56 Å². The fourth-order valence-electron chi connectivity index (χ4n) is 1.45. The molecule has 5 nitrogen and oxygen atoms in total. The van der Waals surface area contributed by atoms with Gasteiger partial charge in [0.15, 0.2) is 0 Å². The van der Waals surface area contributed by atoms with Gasteiger partial charge in [-0.05, 0) is 31.2 Å². The Bertz CT molecular complexity index is 664. The van der Waals surface area contributed by atoms with Crippen molar-refractivity contribution in [3.63, 3.8) is 0 Å². The molecule has 1 N–H and O–H groups in total. The maximum Gasteiger partial charge on any atom is 0.277 e. The fourth-order valence-corrected chi connectivity index (χ4v) is 2.29. The van der Waals surface area contributed by atoms with Crippen LogP contribution in [0.15, 0.2) is 33.9 Å². The first-order valence-corrected chi connectivity index (χ1v) is 7.33. The molecule has 108 valence electrons. The largest absolute Gasteiger partial charge is 0.411 e. The average Bonchev–Trinajstić information content (AvgIpc) is 2.93. The number of nitrogens with zero attached hydrogens (tertiary/aromatic N) is 2. The molecule has 1 aromatic heterocycles. The first-order valence-electron chi connectivity index (χ1n) is 6.07. The number of hydrogen-bond donors (Lipinski definition) is 1. The number of amides is 1. The first kappa shape index (κ1) is 15.4. The van der Waals surface area contributed by atoms with E-state index in [2.05, 4.69) is 21.4 Å². The van der Waals surface area contributed by atoms with E-state index < -0.39 is 0 Å².